The van der Waals surface area contributed by atoms with Crippen LogP contribution in [0.2, 0.25) is 0 Å². The van der Waals surface area contributed by atoms with Crippen LogP contribution in [0.3, 0.4) is 0 Å². The van der Waals surface area contributed by atoms with Crippen LogP contribution < -0.4 is 5.73 Å². The highest BCUT2D eigenvalue weighted by Gasteiger charge is 2.27. The third kappa shape index (κ3) is 2.57. The van der Waals surface area contributed by atoms with Crippen molar-refractivity contribution >= 4 is 17.7 Å². The molecular formula is C12H16N2OS. The average Bonchev–Trinajstić information content (AvgIpc) is 2.33. The number of carbonyl (C=O) groups excluding carboxylic acids is 1. The van der Waals surface area contributed by atoms with Gasteiger partial charge in [-0.3, -0.25) is 4.79 Å². The summed E-state index contributed by atoms with van der Waals surface area (Å²) in [6, 6.07) is 10.3. The van der Waals surface area contributed by atoms with Crippen molar-refractivity contribution in [2.45, 2.75) is 12.6 Å². The van der Waals surface area contributed by atoms with E-state index in [2.05, 4.69) is 0 Å². The first-order valence-electron chi connectivity index (χ1n) is 5.42. The molecular weight excluding hydrogens is 220 g/mol. The minimum atomic E-state index is 0.187. The van der Waals surface area contributed by atoms with Gasteiger partial charge in [0, 0.05) is 18.8 Å². The van der Waals surface area contributed by atoms with Crippen molar-refractivity contribution in [3.05, 3.63) is 35.9 Å². The number of carbonyl (C=O) groups is 1. The molecule has 0 aliphatic carbocycles. The van der Waals surface area contributed by atoms with Crippen LogP contribution in [0.1, 0.15) is 5.56 Å². The predicted octanol–water partition coefficient (Wildman–Crippen LogP) is 1.09. The number of amides is 1. The summed E-state index contributed by atoms with van der Waals surface area (Å²) in [7, 11) is 0. The molecule has 1 aromatic rings. The second kappa shape index (κ2) is 5.37. The minimum Gasteiger partial charge on any atom is -0.333 e. The molecule has 2 N–H and O–H groups in total. The number of thioether (sulfide) groups is 1. The zero-order valence-corrected chi connectivity index (χ0v) is 9.95. The van der Waals surface area contributed by atoms with Crippen LogP contribution in [0.25, 0.3) is 0 Å². The van der Waals surface area contributed by atoms with Crippen molar-refractivity contribution in [1.82, 2.24) is 4.90 Å². The minimum absolute atomic E-state index is 0.187. The van der Waals surface area contributed by atoms with Gasteiger partial charge in [-0.1, -0.05) is 30.3 Å². The number of hydrogen-bond donors (Lipinski definition) is 1. The third-order valence-corrected chi connectivity index (χ3v) is 3.84. The van der Waals surface area contributed by atoms with Crippen LogP contribution in [0, 0.1) is 0 Å². The molecule has 1 aliphatic heterocycles. The number of benzene rings is 1. The van der Waals surface area contributed by atoms with Gasteiger partial charge in [-0.2, -0.15) is 0 Å². The van der Waals surface area contributed by atoms with E-state index >= 15 is 0 Å². The fraction of sp³-hybridized carbons (Fsp3) is 0.417. The standard InChI is InChI=1S/C12H16N2OS/c13-6-11-8-16-9-12(15)14(11)7-10-4-2-1-3-5-10/h1-5,11H,6-9,13H2. The lowest BCUT2D eigenvalue weighted by Crippen LogP contribution is -2.49. The summed E-state index contributed by atoms with van der Waals surface area (Å²) in [4.78, 5) is 13.7. The molecule has 1 aromatic carbocycles. The molecule has 0 bridgehead atoms. The lowest BCUT2D eigenvalue weighted by molar-refractivity contribution is -0.131. The van der Waals surface area contributed by atoms with Crippen LogP contribution in [-0.4, -0.2) is 34.9 Å². The summed E-state index contributed by atoms with van der Waals surface area (Å²) in [5, 5.41) is 0. The summed E-state index contributed by atoms with van der Waals surface area (Å²) >= 11 is 1.68. The molecule has 3 nitrogen and oxygen atoms in total. The van der Waals surface area contributed by atoms with Crippen molar-refractivity contribution in [2.75, 3.05) is 18.1 Å². The van der Waals surface area contributed by atoms with Gasteiger partial charge >= 0.3 is 0 Å². The Morgan fingerprint density at radius 3 is 2.81 bits per heavy atom. The summed E-state index contributed by atoms with van der Waals surface area (Å²) < 4.78 is 0. The Labute approximate surface area is 100.0 Å². The van der Waals surface area contributed by atoms with Gasteiger partial charge in [0.1, 0.15) is 0 Å². The second-order valence-electron chi connectivity index (χ2n) is 3.91. The van der Waals surface area contributed by atoms with Crippen LogP contribution in [0.15, 0.2) is 30.3 Å². The zero-order valence-electron chi connectivity index (χ0n) is 9.13. The van der Waals surface area contributed by atoms with E-state index in [4.69, 9.17) is 5.73 Å². The molecule has 16 heavy (non-hydrogen) atoms. The third-order valence-electron chi connectivity index (χ3n) is 2.76. The molecule has 1 fully saturated rings. The molecule has 1 unspecified atom stereocenters. The van der Waals surface area contributed by atoms with E-state index < -0.39 is 0 Å². The quantitative estimate of drug-likeness (QED) is 0.854. The van der Waals surface area contributed by atoms with E-state index in [1.807, 2.05) is 35.2 Å². The Bertz CT molecular complexity index is 355. The Morgan fingerprint density at radius 2 is 2.12 bits per heavy atom. The van der Waals surface area contributed by atoms with Gasteiger partial charge in [-0.15, -0.1) is 11.8 Å². The Kier molecular flexibility index (Phi) is 3.85. The first-order chi connectivity index (χ1) is 7.81. The van der Waals surface area contributed by atoms with Gasteiger partial charge in [0.15, 0.2) is 0 Å². The predicted molar refractivity (Wildman–Crippen MR) is 67.2 cm³/mol. The summed E-state index contributed by atoms with van der Waals surface area (Å²) in [5.74, 6) is 1.74. The molecule has 1 atom stereocenters. The van der Waals surface area contributed by atoms with Gasteiger partial charge < -0.3 is 10.6 Å². The van der Waals surface area contributed by atoms with Crippen LogP contribution in [-0.2, 0) is 11.3 Å². The molecule has 4 heteroatoms. The van der Waals surface area contributed by atoms with Crippen molar-refractivity contribution in [1.29, 1.82) is 0 Å². The monoisotopic (exact) mass is 236 g/mol. The van der Waals surface area contributed by atoms with E-state index in [1.54, 1.807) is 11.8 Å². The molecule has 0 radical (unpaired) electrons. The van der Waals surface area contributed by atoms with Crippen molar-refractivity contribution < 1.29 is 4.79 Å². The van der Waals surface area contributed by atoms with Gasteiger partial charge in [0.05, 0.1) is 11.8 Å². The largest absolute Gasteiger partial charge is 0.333 e. The molecule has 0 spiro atoms. The Balaban J connectivity index is 2.08. The smallest absolute Gasteiger partial charge is 0.233 e. The maximum Gasteiger partial charge on any atom is 0.233 e. The lowest BCUT2D eigenvalue weighted by Gasteiger charge is -2.34. The molecule has 86 valence electrons. The van der Waals surface area contributed by atoms with E-state index in [9.17, 15) is 4.79 Å². The SMILES string of the molecule is NCC1CSCC(=O)N1Cc1ccccc1. The van der Waals surface area contributed by atoms with E-state index in [0.717, 1.165) is 5.75 Å². The van der Waals surface area contributed by atoms with Crippen molar-refractivity contribution in [3.8, 4) is 0 Å². The highest BCUT2D eigenvalue weighted by atomic mass is 32.2. The topological polar surface area (TPSA) is 46.3 Å². The molecule has 0 aromatic heterocycles. The van der Waals surface area contributed by atoms with Crippen molar-refractivity contribution in [3.63, 3.8) is 0 Å². The number of nitrogens with zero attached hydrogens (tertiary/aromatic N) is 1. The van der Waals surface area contributed by atoms with Crippen LogP contribution >= 0.6 is 11.8 Å². The van der Waals surface area contributed by atoms with E-state index in [-0.39, 0.29) is 11.9 Å². The Hall–Kier alpha value is -1.00. The van der Waals surface area contributed by atoms with Gasteiger partial charge in [0.25, 0.3) is 0 Å². The summed E-state index contributed by atoms with van der Waals surface area (Å²) in [6.45, 7) is 1.23. The fourth-order valence-corrected chi connectivity index (χ4v) is 2.90. The molecule has 1 saturated heterocycles. The van der Waals surface area contributed by atoms with E-state index in [0.29, 0.717) is 18.8 Å². The maximum atomic E-state index is 11.8. The first kappa shape index (κ1) is 11.5. The first-order valence-corrected chi connectivity index (χ1v) is 6.58. The molecule has 1 aliphatic rings. The van der Waals surface area contributed by atoms with Gasteiger partial charge in [-0.25, -0.2) is 0 Å². The highest BCUT2D eigenvalue weighted by Crippen LogP contribution is 2.19. The molecule has 0 saturated carbocycles. The highest BCUT2D eigenvalue weighted by molar-refractivity contribution is 8.00. The number of rotatable bonds is 3. The van der Waals surface area contributed by atoms with Crippen molar-refractivity contribution in [2.24, 2.45) is 5.73 Å². The summed E-state index contributed by atoms with van der Waals surface area (Å²) in [5.41, 5.74) is 6.87. The lowest BCUT2D eigenvalue weighted by atomic mass is 10.2. The maximum absolute atomic E-state index is 11.8. The molecule has 1 heterocycles. The zero-order chi connectivity index (χ0) is 11.4. The Morgan fingerprint density at radius 1 is 1.38 bits per heavy atom. The average molecular weight is 236 g/mol. The number of nitrogens with two attached hydrogens (primary N) is 1. The van der Waals surface area contributed by atoms with Crippen LogP contribution in [0.4, 0.5) is 0 Å². The summed E-state index contributed by atoms with van der Waals surface area (Å²) in [6.07, 6.45) is 0. The van der Waals surface area contributed by atoms with Crippen LogP contribution in [0.5, 0.6) is 0 Å². The normalized spacial score (nSPS) is 21.2. The van der Waals surface area contributed by atoms with Gasteiger partial charge in [-0.05, 0) is 5.56 Å². The van der Waals surface area contributed by atoms with Gasteiger partial charge in [0.2, 0.25) is 5.91 Å². The second-order valence-corrected chi connectivity index (χ2v) is 4.94. The number of hydrogen-bond acceptors (Lipinski definition) is 3. The molecule has 1 amide bonds. The molecule has 2 rings (SSSR count). The fourth-order valence-electron chi connectivity index (χ4n) is 1.85. The van der Waals surface area contributed by atoms with E-state index in [1.165, 1.54) is 5.56 Å².